The van der Waals surface area contributed by atoms with E-state index in [0.717, 1.165) is 12.1 Å². The molecule has 2 amide bonds. The van der Waals surface area contributed by atoms with Crippen LogP contribution in [0.15, 0.2) is 60.7 Å². The lowest BCUT2D eigenvalue weighted by Crippen LogP contribution is -2.27. The number of benzene rings is 3. The summed E-state index contributed by atoms with van der Waals surface area (Å²) in [6, 6.07) is 14.7. The lowest BCUT2D eigenvalue weighted by atomic mass is 9.92. The van der Waals surface area contributed by atoms with Gasteiger partial charge in [-0.3, -0.25) is 9.59 Å². The Morgan fingerprint density at radius 1 is 0.951 bits per heavy atom. The van der Waals surface area contributed by atoms with Gasteiger partial charge in [-0.05, 0) is 53.4 Å². The first kappa shape index (κ1) is 29.8. The minimum Gasteiger partial charge on any atom is -0.373 e. The normalized spacial score (nSPS) is 11.8. The zero-order chi connectivity index (χ0) is 29.9. The Kier molecular flexibility index (Phi) is 8.53. The number of hydrogen-bond acceptors (Lipinski definition) is 5. The molecule has 0 atom stereocenters. The van der Waals surface area contributed by atoms with Crippen LogP contribution in [0.25, 0.3) is 22.3 Å². The molecule has 0 bridgehead atoms. The summed E-state index contributed by atoms with van der Waals surface area (Å²) in [4.78, 5) is 34.2. The summed E-state index contributed by atoms with van der Waals surface area (Å²) >= 11 is 6.32. The Labute approximate surface area is 240 Å². The van der Waals surface area contributed by atoms with E-state index in [9.17, 15) is 22.8 Å². The lowest BCUT2D eigenvalue weighted by molar-refractivity contribution is -0.137. The van der Waals surface area contributed by atoms with Gasteiger partial charge in [-0.1, -0.05) is 50.6 Å². The first-order chi connectivity index (χ1) is 19.2. The number of alkyl halides is 3. The highest BCUT2D eigenvalue weighted by molar-refractivity contribution is 6.34. The van der Waals surface area contributed by atoms with Crippen LogP contribution in [0.2, 0.25) is 5.02 Å². The Hall–Kier alpha value is -4.18. The van der Waals surface area contributed by atoms with Gasteiger partial charge in [0.05, 0.1) is 21.7 Å². The van der Waals surface area contributed by atoms with E-state index in [0.29, 0.717) is 34.4 Å². The molecule has 214 valence electrons. The van der Waals surface area contributed by atoms with Crippen molar-refractivity contribution in [1.29, 1.82) is 0 Å². The molecule has 0 aliphatic rings. The van der Waals surface area contributed by atoms with Crippen molar-refractivity contribution in [1.82, 2.24) is 15.3 Å². The number of carbonyl (C=O) groups excluding carboxylic acids is 2. The predicted molar refractivity (Wildman–Crippen MR) is 155 cm³/mol. The molecule has 0 spiro atoms. The maximum absolute atomic E-state index is 13.3. The Balaban J connectivity index is 1.59. The molecule has 3 N–H and O–H groups in total. The molecule has 7 nitrogen and oxygen atoms in total. The number of halogens is 4. The fourth-order valence-corrected chi connectivity index (χ4v) is 4.36. The summed E-state index contributed by atoms with van der Waals surface area (Å²) < 4.78 is 39.8. The maximum atomic E-state index is 13.3. The number of hydrogen-bond donors (Lipinski definition) is 3. The van der Waals surface area contributed by atoms with Crippen LogP contribution in [0.3, 0.4) is 0 Å². The second kappa shape index (κ2) is 11.7. The van der Waals surface area contributed by atoms with E-state index >= 15 is 0 Å². The Bertz CT molecular complexity index is 1620. The lowest BCUT2D eigenvalue weighted by Gasteiger charge is -2.17. The number of amides is 2. The van der Waals surface area contributed by atoms with Gasteiger partial charge in [-0.25, -0.2) is 9.97 Å². The average molecular weight is 584 g/mol. The van der Waals surface area contributed by atoms with Crippen LogP contribution in [0.5, 0.6) is 0 Å². The number of rotatable bonds is 7. The fourth-order valence-electron chi connectivity index (χ4n) is 4.16. The van der Waals surface area contributed by atoms with E-state index < -0.39 is 17.6 Å². The molecule has 0 fully saturated rings. The smallest absolute Gasteiger partial charge is 0.373 e. The highest BCUT2D eigenvalue weighted by atomic mass is 35.5. The molecule has 0 radical (unpaired) electrons. The molecule has 0 saturated heterocycles. The monoisotopic (exact) mass is 583 g/mol. The molecular formula is C30H29ClF3N5O2. The van der Waals surface area contributed by atoms with Crippen molar-refractivity contribution in [2.45, 2.75) is 39.9 Å². The van der Waals surface area contributed by atoms with Gasteiger partial charge in [0.2, 0.25) is 5.91 Å². The van der Waals surface area contributed by atoms with E-state index in [1.807, 2.05) is 20.8 Å². The minimum atomic E-state index is -4.51. The van der Waals surface area contributed by atoms with Crippen LogP contribution in [-0.4, -0.2) is 28.8 Å². The number of nitrogens with one attached hydrogen (secondary N) is 3. The summed E-state index contributed by atoms with van der Waals surface area (Å²) in [7, 11) is 1.65. The average Bonchev–Trinajstić information content (AvgIpc) is 2.90. The van der Waals surface area contributed by atoms with Crippen molar-refractivity contribution < 1.29 is 22.8 Å². The molecule has 11 heteroatoms. The maximum Gasteiger partial charge on any atom is 0.416 e. The number of nitrogens with zero attached hydrogens (tertiary/aromatic N) is 2. The molecule has 3 aromatic carbocycles. The molecular weight excluding hydrogens is 555 g/mol. The van der Waals surface area contributed by atoms with Gasteiger partial charge in [0.15, 0.2) is 5.82 Å². The van der Waals surface area contributed by atoms with Gasteiger partial charge in [-0.2, -0.15) is 13.2 Å². The second-order valence-electron chi connectivity index (χ2n) is 10.7. The molecule has 0 unspecified atom stereocenters. The van der Waals surface area contributed by atoms with Crippen molar-refractivity contribution >= 4 is 45.8 Å². The molecule has 4 rings (SSSR count). The molecule has 41 heavy (non-hydrogen) atoms. The summed E-state index contributed by atoms with van der Waals surface area (Å²) in [6.07, 6.45) is -4.14. The standard InChI is InChI=1S/C30H29ClF3N5O2/c1-29(2,3)15-25(40)36-16-17-8-11-23(31)22(12-17)28(41)37-20-9-10-21-24(14-20)38-26(39-27(21)35-4)18-6-5-7-19(13-18)30(32,33)34/h5-14H,15-16H2,1-4H3,(H,36,40)(H,37,41)(H,35,38,39). The van der Waals surface area contributed by atoms with Crippen molar-refractivity contribution in [3.63, 3.8) is 0 Å². The van der Waals surface area contributed by atoms with Gasteiger partial charge in [-0.15, -0.1) is 0 Å². The summed E-state index contributed by atoms with van der Waals surface area (Å²) in [5.41, 5.74) is 0.982. The second-order valence-corrected chi connectivity index (χ2v) is 11.1. The van der Waals surface area contributed by atoms with E-state index in [2.05, 4.69) is 25.9 Å². The first-order valence-corrected chi connectivity index (χ1v) is 13.1. The van der Waals surface area contributed by atoms with Crippen molar-refractivity contribution in [3.8, 4) is 11.4 Å². The van der Waals surface area contributed by atoms with Crippen LogP contribution in [0.4, 0.5) is 24.7 Å². The third-order valence-electron chi connectivity index (χ3n) is 6.10. The van der Waals surface area contributed by atoms with Crippen molar-refractivity contribution in [2.75, 3.05) is 17.7 Å². The molecule has 1 aromatic heterocycles. The van der Waals surface area contributed by atoms with Gasteiger partial charge in [0.25, 0.3) is 5.91 Å². The molecule has 1 heterocycles. The SMILES string of the molecule is CNc1nc(-c2cccc(C(F)(F)F)c2)nc2cc(NC(=O)c3cc(CNC(=O)CC(C)(C)C)ccc3Cl)ccc12. The van der Waals surface area contributed by atoms with E-state index in [1.54, 1.807) is 43.4 Å². The highest BCUT2D eigenvalue weighted by Gasteiger charge is 2.30. The summed E-state index contributed by atoms with van der Waals surface area (Å²) in [6.45, 7) is 6.16. The third-order valence-corrected chi connectivity index (χ3v) is 6.43. The van der Waals surface area contributed by atoms with Crippen LogP contribution in [-0.2, 0) is 17.5 Å². The van der Waals surface area contributed by atoms with Crippen molar-refractivity contribution in [3.05, 3.63) is 82.4 Å². The van der Waals surface area contributed by atoms with Gasteiger partial charge in [0, 0.05) is 36.7 Å². The van der Waals surface area contributed by atoms with Crippen molar-refractivity contribution in [2.24, 2.45) is 5.41 Å². The minimum absolute atomic E-state index is 0.0953. The highest BCUT2D eigenvalue weighted by Crippen LogP contribution is 2.33. The number of anilines is 2. The fraction of sp³-hybridized carbons (Fsp3) is 0.267. The summed E-state index contributed by atoms with van der Waals surface area (Å²) in [5.74, 6) is -0.0505. The van der Waals surface area contributed by atoms with Crippen LogP contribution < -0.4 is 16.0 Å². The largest absolute Gasteiger partial charge is 0.416 e. The van der Waals surface area contributed by atoms with E-state index in [-0.39, 0.29) is 39.8 Å². The third kappa shape index (κ3) is 7.52. The number of carbonyl (C=O) groups is 2. The Morgan fingerprint density at radius 2 is 1.71 bits per heavy atom. The van der Waals surface area contributed by atoms with Crippen LogP contribution in [0.1, 0.15) is 48.7 Å². The molecule has 0 saturated carbocycles. The first-order valence-electron chi connectivity index (χ1n) is 12.8. The molecule has 0 aliphatic heterocycles. The van der Waals surface area contributed by atoms with Gasteiger partial charge >= 0.3 is 6.18 Å². The van der Waals surface area contributed by atoms with Gasteiger partial charge < -0.3 is 16.0 Å². The molecule has 4 aromatic rings. The topological polar surface area (TPSA) is 96.0 Å². The van der Waals surface area contributed by atoms with Gasteiger partial charge in [0.1, 0.15) is 5.82 Å². The predicted octanol–water partition coefficient (Wildman–Crippen LogP) is 7.32. The number of aromatic nitrogens is 2. The van der Waals surface area contributed by atoms with Crippen LogP contribution in [0, 0.1) is 5.41 Å². The number of fused-ring (bicyclic) bond motifs is 1. The zero-order valence-corrected chi connectivity index (χ0v) is 23.7. The summed E-state index contributed by atoms with van der Waals surface area (Å²) in [5, 5.41) is 9.46. The Morgan fingerprint density at radius 3 is 2.39 bits per heavy atom. The molecule has 0 aliphatic carbocycles. The zero-order valence-electron chi connectivity index (χ0n) is 22.9. The van der Waals surface area contributed by atoms with Crippen LogP contribution >= 0.6 is 11.6 Å². The quantitative estimate of drug-likeness (QED) is 0.212. The van der Waals surface area contributed by atoms with E-state index in [4.69, 9.17) is 11.6 Å². The van der Waals surface area contributed by atoms with E-state index in [1.165, 1.54) is 12.1 Å².